The molecular weight excluding hydrogens is 757 g/mol. The highest BCUT2D eigenvalue weighted by Crippen LogP contribution is 2.34. The van der Waals surface area contributed by atoms with E-state index in [1.165, 1.54) is 4.57 Å². The molecule has 1 aliphatic heterocycles. The normalized spacial score (nSPS) is 16.0. The van der Waals surface area contributed by atoms with E-state index in [9.17, 15) is 19.5 Å². The van der Waals surface area contributed by atoms with E-state index in [1.54, 1.807) is 12.3 Å². The molecular formula is C47H52N8O5. The van der Waals surface area contributed by atoms with E-state index < -0.39 is 18.0 Å². The van der Waals surface area contributed by atoms with Gasteiger partial charge in [0.2, 0.25) is 0 Å². The zero-order valence-corrected chi connectivity index (χ0v) is 34.8. The van der Waals surface area contributed by atoms with Gasteiger partial charge in [0.05, 0.1) is 35.2 Å². The van der Waals surface area contributed by atoms with E-state index in [2.05, 4.69) is 97.0 Å². The minimum atomic E-state index is -0.478. The molecule has 60 heavy (non-hydrogen) atoms. The number of H-pyrrole nitrogens is 2. The largest absolute Gasteiger partial charge is 0.394 e. The molecule has 0 amide bonds. The fraction of sp³-hybridized carbons (Fsp3) is 0.277. The van der Waals surface area contributed by atoms with Gasteiger partial charge in [0.25, 0.3) is 11.1 Å². The molecule has 0 spiro atoms. The Labute approximate surface area is 348 Å². The Morgan fingerprint density at radius 2 is 1.43 bits per heavy atom. The summed E-state index contributed by atoms with van der Waals surface area (Å²) in [4.78, 5) is 49.9. The standard InChI is InChI=1S/C47H52N8O5/c1-7-54(40-24-8-30(2)43-44(40)46(58)51-50-45(43)57)37-21-14-33(15-22-37)39(32-12-19-36(20-13-32)53(5)6)28-34(16-9-31-10-17-35(18-11-31)52(3)4)48-41-26-27-55(47(59)49-41)42-25-23-38(29-56)60-42/h8-22,24,26-28,34,38,42,56H,7,23,25,29H2,1-6H3,(H,50,57)(H,51,58)(H,48,49,59)/t34?,38-,42+/m0/s1. The summed E-state index contributed by atoms with van der Waals surface area (Å²) in [6.07, 6.45) is 8.41. The Bertz CT molecular complexity index is 2680. The average molecular weight is 809 g/mol. The van der Waals surface area contributed by atoms with Gasteiger partial charge in [-0.2, -0.15) is 4.98 Å². The molecule has 1 saturated heterocycles. The Kier molecular flexibility index (Phi) is 12.5. The Hall–Kier alpha value is -6.70. The summed E-state index contributed by atoms with van der Waals surface area (Å²) in [6.45, 7) is 4.29. The lowest BCUT2D eigenvalue weighted by Crippen LogP contribution is -2.29. The predicted molar refractivity (Wildman–Crippen MR) is 243 cm³/mol. The third kappa shape index (κ3) is 8.97. The Balaban J connectivity index is 1.30. The molecule has 0 aliphatic carbocycles. The number of ether oxygens (including phenoxy) is 1. The van der Waals surface area contributed by atoms with Gasteiger partial charge in [0.1, 0.15) is 12.0 Å². The van der Waals surface area contributed by atoms with E-state index in [0.717, 1.165) is 44.9 Å². The van der Waals surface area contributed by atoms with Gasteiger partial charge in [0.15, 0.2) is 0 Å². The molecule has 13 nitrogen and oxygen atoms in total. The maximum absolute atomic E-state index is 13.3. The van der Waals surface area contributed by atoms with Crippen molar-refractivity contribution in [1.82, 2.24) is 19.7 Å². The number of rotatable bonds is 14. The van der Waals surface area contributed by atoms with Crippen LogP contribution in [0.1, 0.15) is 48.2 Å². The van der Waals surface area contributed by atoms with Crippen molar-refractivity contribution in [2.24, 2.45) is 0 Å². The van der Waals surface area contributed by atoms with Gasteiger partial charge < -0.3 is 29.9 Å². The number of nitrogens with zero attached hydrogens (tertiary/aromatic N) is 5. The van der Waals surface area contributed by atoms with Gasteiger partial charge in [0, 0.05) is 58.0 Å². The zero-order valence-electron chi connectivity index (χ0n) is 34.8. The molecule has 6 aromatic rings. The first-order valence-corrected chi connectivity index (χ1v) is 20.1. The lowest BCUT2D eigenvalue weighted by Gasteiger charge is -2.25. The first kappa shape index (κ1) is 41.5. The number of fused-ring (bicyclic) bond motifs is 1. The summed E-state index contributed by atoms with van der Waals surface area (Å²) in [6, 6.07) is 29.8. The van der Waals surface area contributed by atoms with Crippen molar-refractivity contribution >= 4 is 51.0 Å². The van der Waals surface area contributed by atoms with Gasteiger partial charge in [-0.05, 0) is 109 Å². The van der Waals surface area contributed by atoms with E-state index in [1.807, 2.05) is 83.4 Å². The SMILES string of the molecule is CCN(c1ccc(C(=CC(C=Cc2ccc(N(C)C)cc2)Nc2ccn([C@H]3CC[C@@H](CO)O3)c(=O)n2)c2ccc(N(C)C)cc2)cc1)c1ccc(C)c2c(=O)[nH][nH]c(=O)c12. The van der Waals surface area contributed by atoms with Crippen molar-refractivity contribution in [1.29, 1.82) is 0 Å². The number of hydrogen-bond acceptors (Lipinski definition) is 10. The summed E-state index contributed by atoms with van der Waals surface area (Å²) in [5.74, 6) is 0.400. The topological polar surface area (TPSA) is 152 Å². The molecule has 7 rings (SSSR count). The quantitative estimate of drug-likeness (QED) is 0.0940. The molecule has 4 aromatic carbocycles. The second-order valence-corrected chi connectivity index (χ2v) is 15.4. The summed E-state index contributed by atoms with van der Waals surface area (Å²) in [5, 5.41) is 18.7. The molecule has 3 atom stereocenters. The van der Waals surface area contributed by atoms with Crippen LogP contribution >= 0.6 is 0 Å². The van der Waals surface area contributed by atoms with E-state index in [-0.39, 0.29) is 23.8 Å². The molecule has 3 heterocycles. The van der Waals surface area contributed by atoms with Crippen LogP contribution in [-0.4, -0.2) is 78.3 Å². The molecule has 1 unspecified atom stereocenters. The Morgan fingerprint density at radius 3 is 2.00 bits per heavy atom. The van der Waals surface area contributed by atoms with Gasteiger partial charge in [-0.25, -0.2) is 4.79 Å². The monoisotopic (exact) mass is 808 g/mol. The van der Waals surface area contributed by atoms with Crippen LogP contribution in [0.15, 0.2) is 124 Å². The number of aromatic nitrogens is 4. The van der Waals surface area contributed by atoms with Gasteiger partial charge in [-0.15, -0.1) is 0 Å². The fourth-order valence-electron chi connectivity index (χ4n) is 7.62. The first-order valence-electron chi connectivity index (χ1n) is 20.1. The van der Waals surface area contributed by atoms with Gasteiger partial charge in [-0.3, -0.25) is 24.4 Å². The summed E-state index contributed by atoms with van der Waals surface area (Å²) < 4.78 is 7.34. The third-order valence-corrected chi connectivity index (χ3v) is 10.9. The van der Waals surface area contributed by atoms with Crippen LogP contribution in [0, 0.1) is 6.92 Å². The molecule has 0 bridgehead atoms. The highest BCUT2D eigenvalue weighted by atomic mass is 16.5. The first-order chi connectivity index (χ1) is 28.9. The number of aryl methyl sites for hydroxylation is 1. The average Bonchev–Trinajstić information content (AvgIpc) is 3.73. The lowest BCUT2D eigenvalue weighted by atomic mass is 9.94. The van der Waals surface area contributed by atoms with Crippen LogP contribution in [0.2, 0.25) is 0 Å². The summed E-state index contributed by atoms with van der Waals surface area (Å²) >= 11 is 0. The highest BCUT2D eigenvalue weighted by Gasteiger charge is 2.27. The number of aromatic amines is 2. The minimum absolute atomic E-state index is 0.0936. The Morgan fingerprint density at radius 1 is 0.833 bits per heavy atom. The molecule has 1 fully saturated rings. The van der Waals surface area contributed by atoms with Gasteiger partial charge >= 0.3 is 5.69 Å². The van der Waals surface area contributed by atoms with Crippen molar-refractivity contribution in [3.63, 3.8) is 0 Å². The molecule has 13 heteroatoms. The van der Waals surface area contributed by atoms with Crippen molar-refractivity contribution in [2.45, 2.75) is 45.1 Å². The molecule has 2 aromatic heterocycles. The van der Waals surface area contributed by atoms with Crippen molar-refractivity contribution in [3.8, 4) is 0 Å². The lowest BCUT2D eigenvalue weighted by molar-refractivity contribution is -0.0245. The van der Waals surface area contributed by atoms with E-state index in [0.29, 0.717) is 41.7 Å². The second kappa shape index (κ2) is 18.1. The van der Waals surface area contributed by atoms with Crippen molar-refractivity contribution in [3.05, 3.63) is 163 Å². The van der Waals surface area contributed by atoms with Crippen LogP contribution in [0.3, 0.4) is 0 Å². The maximum Gasteiger partial charge on any atom is 0.351 e. The summed E-state index contributed by atoms with van der Waals surface area (Å²) in [5.41, 5.74) is 7.07. The number of nitrogens with one attached hydrogen (secondary N) is 3. The van der Waals surface area contributed by atoms with E-state index >= 15 is 0 Å². The highest BCUT2D eigenvalue weighted by molar-refractivity contribution is 5.97. The van der Waals surface area contributed by atoms with Crippen LogP contribution < -0.4 is 36.8 Å². The van der Waals surface area contributed by atoms with Crippen molar-refractivity contribution < 1.29 is 9.84 Å². The number of aliphatic hydroxyl groups is 1. The van der Waals surface area contributed by atoms with Crippen LogP contribution in [0.5, 0.6) is 0 Å². The van der Waals surface area contributed by atoms with Crippen LogP contribution in [0.4, 0.5) is 28.6 Å². The number of anilines is 5. The maximum atomic E-state index is 13.3. The van der Waals surface area contributed by atoms with Gasteiger partial charge in [-0.1, -0.05) is 54.6 Å². The van der Waals surface area contributed by atoms with Crippen LogP contribution in [-0.2, 0) is 4.74 Å². The second-order valence-electron chi connectivity index (χ2n) is 15.4. The summed E-state index contributed by atoms with van der Waals surface area (Å²) in [7, 11) is 8.03. The third-order valence-electron chi connectivity index (χ3n) is 10.9. The number of hydrogen-bond donors (Lipinski definition) is 4. The predicted octanol–water partition coefficient (Wildman–Crippen LogP) is 6.67. The number of benzene rings is 4. The zero-order chi connectivity index (χ0) is 42.5. The molecule has 4 N–H and O–H groups in total. The fourth-order valence-corrected chi connectivity index (χ4v) is 7.62. The molecule has 310 valence electrons. The smallest absolute Gasteiger partial charge is 0.351 e. The number of aliphatic hydroxyl groups excluding tert-OH is 1. The van der Waals surface area contributed by atoms with Crippen molar-refractivity contribution in [2.75, 3.05) is 61.4 Å². The molecule has 1 aliphatic rings. The van der Waals surface area contributed by atoms with Crippen LogP contribution in [0.25, 0.3) is 22.4 Å². The minimum Gasteiger partial charge on any atom is -0.394 e. The van der Waals surface area contributed by atoms with E-state index in [4.69, 9.17) is 4.74 Å². The molecule has 0 saturated carbocycles. The molecule has 0 radical (unpaired) electrons.